The van der Waals surface area contributed by atoms with E-state index in [0.717, 1.165) is 12.6 Å². The van der Waals surface area contributed by atoms with Gasteiger partial charge in [0.05, 0.1) is 0 Å². The van der Waals surface area contributed by atoms with Crippen LogP contribution in [0.1, 0.15) is 20.3 Å². The molecule has 1 atom stereocenters. The Morgan fingerprint density at radius 3 is 2.41 bits per heavy atom. The van der Waals surface area contributed by atoms with E-state index in [1.807, 2.05) is 0 Å². The molecule has 0 aromatic carbocycles. The highest BCUT2D eigenvalue weighted by Gasteiger charge is 2.29. The van der Waals surface area contributed by atoms with Gasteiger partial charge in [-0.15, -0.1) is 0 Å². The molecule has 0 radical (unpaired) electrons. The Morgan fingerprint density at radius 2 is 1.82 bits per heavy atom. The van der Waals surface area contributed by atoms with Crippen molar-refractivity contribution in [3.63, 3.8) is 0 Å². The highest BCUT2D eigenvalue weighted by molar-refractivity contribution is 4.95. The zero-order valence-electron chi connectivity index (χ0n) is 11.5. The molecular weight excluding hydrogens is 210 g/mol. The second kappa shape index (κ2) is 5.98. The lowest BCUT2D eigenvalue weighted by Gasteiger charge is -2.37. The maximum absolute atomic E-state index is 4.02. The highest BCUT2D eigenvalue weighted by Crippen LogP contribution is 2.18. The molecule has 0 spiro atoms. The zero-order valence-corrected chi connectivity index (χ0v) is 11.5. The van der Waals surface area contributed by atoms with Crippen molar-refractivity contribution in [3.8, 4) is 0 Å². The van der Waals surface area contributed by atoms with Crippen LogP contribution in [0.2, 0.25) is 0 Å². The normalized spacial score (nSPS) is 28.7. The predicted octanol–water partition coefficient (Wildman–Crippen LogP) is 1.27. The van der Waals surface area contributed by atoms with Crippen LogP contribution in [-0.2, 0) is 0 Å². The summed E-state index contributed by atoms with van der Waals surface area (Å²) in [5, 5.41) is 0. The van der Waals surface area contributed by atoms with Gasteiger partial charge in [-0.3, -0.25) is 9.80 Å². The first kappa shape index (κ1) is 13.1. The van der Waals surface area contributed by atoms with Gasteiger partial charge in [0.1, 0.15) is 0 Å². The third-order valence-electron chi connectivity index (χ3n) is 4.11. The summed E-state index contributed by atoms with van der Waals surface area (Å²) in [4.78, 5) is 7.81. The lowest BCUT2D eigenvalue weighted by Crippen LogP contribution is -2.50. The van der Waals surface area contributed by atoms with E-state index in [0.29, 0.717) is 0 Å². The second-order valence-electron chi connectivity index (χ2n) is 5.60. The molecule has 2 aliphatic heterocycles. The van der Waals surface area contributed by atoms with Gasteiger partial charge in [0.15, 0.2) is 0 Å². The Kier molecular flexibility index (Phi) is 4.60. The van der Waals surface area contributed by atoms with Crippen molar-refractivity contribution in [2.45, 2.75) is 26.3 Å². The summed E-state index contributed by atoms with van der Waals surface area (Å²) in [5.41, 5.74) is 1.29. The van der Waals surface area contributed by atoms with Gasteiger partial charge in [0.25, 0.3) is 0 Å². The molecule has 0 aromatic heterocycles. The van der Waals surface area contributed by atoms with Gasteiger partial charge >= 0.3 is 0 Å². The van der Waals surface area contributed by atoms with E-state index < -0.39 is 0 Å². The molecule has 3 heteroatoms. The topological polar surface area (TPSA) is 9.72 Å². The molecule has 0 saturated carbocycles. The van der Waals surface area contributed by atoms with Crippen LogP contribution in [0, 0.1) is 0 Å². The molecule has 2 fully saturated rings. The number of likely N-dealkylation sites (N-methyl/N-ethyl adjacent to an activating group) is 1. The predicted molar refractivity (Wildman–Crippen MR) is 73.3 cm³/mol. The maximum atomic E-state index is 4.02. The first-order valence-corrected chi connectivity index (χ1v) is 7.02. The van der Waals surface area contributed by atoms with Crippen molar-refractivity contribution in [1.29, 1.82) is 0 Å². The second-order valence-corrected chi connectivity index (χ2v) is 5.60. The Balaban J connectivity index is 1.75. The van der Waals surface area contributed by atoms with E-state index >= 15 is 0 Å². The van der Waals surface area contributed by atoms with Crippen LogP contribution in [0.15, 0.2) is 12.2 Å². The monoisotopic (exact) mass is 237 g/mol. The summed E-state index contributed by atoms with van der Waals surface area (Å²) in [6.07, 6.45) is 1.35. The maximum Gasteiger partial charge on any atom is 0.0236 e. The van der Waals surface area contributed by atoms with Crippen molar-refractivity contribution in [3.05, 3.63) is 12.2 Å². The molecule has 0 N–H and O–H groups in total. The molecule has 2 heterocycles. The summed E-state index contributed by atoms with van der Waals surface area (Å²) in [6.45, 7) is 18.3. The first-order chi connectivity index (χ1) is 8.19. The molecule has 2 saturated heterocycles. The van der Waals surface area contributed by atoms with E-state index in [1.165, 1.54) is 57.8 Å². The number of rotatable bonds is 4. The SMILES string of the molecule is C=C(C)CN1CCC(N2CCN(CC)CC2)C1. The van der Waals surface area contributed by atoms with Crippen LogP contribution in [0.3, 0.4) is 0 Å². The summed E-state index contributed by atoms with van der Waals surface area (Å²) in [6, 6.07) is 0.799. The molecular formula is C14H27N3. The van der Waals surface area contributed by atoms with Crippen LogP contribution >= 0.6 is 0 Å². The highest BCUT2D eigenvalue weighted by atomic mass is 15.3. The van der Waals surface area contributed by atoms with Gasteiger partial charge in [-0.25, -0.2) is 0 Å². The summed E-state index contributed by atoms with van der Waals surface area (Å²) in [7, 11) is 0. The van der Waals surface area contributed by atoms with Crippen molar-refractivity contribution < 1.29 is 0 Å². The summed E-state index contributed by atoms with van der Waals surface area (Å²) in [5.74, 6) is 0. The van der Waals surface area contributed by atoms with Gasteiger partial charge in [-0.05, 0) is 19.9 Å². The minimum Gasteiger partial charge on any atom is -0.301 e. The number of hydrogen-bond acceptors (Lipinski definition) is 3. The number of piperazine rings is 1. The fourth-order valence-corrected chi connectivity index (χ4v) is 3.08. The van der Waals surface area contributed by atoms with E-state index in [-0.39, 0.29) is 0 Å². The zero-order chi connectivity index (χ0) is 12.3. The standard InChI is InChI=1S/C14H27N3/c1-4-15-7-9-17(10-8-15)14-5-6-16(12-14)11-13(2)3/h14H,2,4-12H2,1,3H3. The fourth-order valence-electron chi connectivity index (χ4n) is 3.08. The largest absolute Gasteiger partial charge is 0.301 e. The molecule has 1 unspecified atom stereocenters. The van der Waals surface area contributed by atoms with E-state index in [1.54, 1.807) is 0 Å². The Morgan fingerprint density at radius 1 is 1.12 bits per heavy atom. The summed E-state index contributed by atoms with van der Waals surface area (Å²) < 4.78 is 0. The van der Waals surface area contributed by atoms with E-state index in [2.05, 4.69) is 35.1 Å². The molecule has 17 heavy (non-hydrogen) atoms. The summed E-state index contributed by atoms with van der Waals surface area (Å²) >= 11 is 0. The van der Waals surface area contributed by atoms with Crippen LogP contribution < -0.4 is 0 Å². The van der Waals surface area contributed by atoms with Crippen molar-refractivity contribution in [2.75, 3.05) is 52.4 Å². The molecule has 2 rings (SSSR count). The smallest absolute Gasteiger partial charge is 0.0236 e. The molecule has 0 amide bonds. The third-order valence-corrected chi connectivity index (χ3v) is 4.11. The minimum absolute atomic E-state index is 0.799. The molecule has 0 aromatic rings. The van der Waals surface area contributed by atoms with Gasteiger partial charge in [-0.2, -0.15) is 0 Å². The number of nitrogens with zero attached hydrogens (tertiary/aromatic N) is 3. The molecule has 98 valence electrons. The average molecular weight is 237 g/mol. The van der Waals surface area contributed by atoms with Crippen LogP contribution in [0.25, 0.3) is 0 Å². The molecule has 2 aliphatic rings. The first-order valence-electron chi connectivity index (χ1n) is 7.02. The van der Waals surface area contributed by atoms with E-state index in [9.17, 15) is 0 Å². The fraction of sp³-hybridized carbons (Fsp3) is 0.857. The Bertz CT molecular complexity index is 256. The molecule has 0 bridgehead atoms. The minimum atomic E-state index is 0.799. The number of hydrogen-bond donors (Lipinski definition) is 0. The van der Waals surface area contributed by atoms with Gasteiger partial charge in [0, 0.05) is 51.9 Å². The van der Waals surface area contributed by atoms with Crippen LogP contribution in [0.4, 0.5) is 0 Å². The van der Waals surface area contributed by atoms with Crippen LogP contribution in [-0.4, -0.2) is 73.1 Å². The van der Waals surface area contributed by atoms with E-state index in [4.69, 9.17) is 0 Å². The Labute approximate surface area is 106 Å². The van der Waals surface area contributed by atoms with Crippen molar-refractivity contribution >= 4 is 0 Å². The van der Waals surface area contributed by atoms with Crippen LogP contribution in [0.5, 0.6) is 0 Å². The quantitative estimate of drug-likeness (QED) is 0.682. The van der Waals surface area contributed by atoms with Crippen molar-refractivity contribution in [1.82, 2.24) is 14.7 Å². The lowest BCUT2D eigenvalue weighted by atomic mass is 10.2. The molecule has 3 nitrogen and oxygen atoms in total. The Hall–Kier alpha value is -0.380. The third kappa shape index (κ3) is 3.54. The average Bonchev–Trinajstić information content (AvgIpc) is 2.77. The lowest BCUT2D eigenvalue weighted by molar-refractivity contribution is 0.102. The van der Waals surface area contributed by atoms with Gasteiger partial charge in [0.2, 0.25) is 0 Å². The van der Waals surface area contributed by atoms with Gasteiger partial charge < -0.3 is 4.90 Å². The van der Waals surface area contributed by atoms with Gasteiger partial charge in [-0.1, -0.05) is 19.1 Å². The number of likely N-dealkylation sites (tertiary alicyclic amines) is 1. The molecule has 0 aliphatic carbocycles. The van der Waals surface area contributed by atoms with Crippen molar-refractivity contribution in [2.24, 2.45) is 0 Å².